The first-order chi connectivity index (χ1) is 12.5. The van der Waals surface area contributed by atoms with E-state index in [-0.39, 0.29) is 17.9 Å². The van der Waals surface area contributed by atoms with E-state index in [9.17, 15) is 13.2 Å². The molecule has 0 atom stereocenters. The normalized spacial score (nSPS) is 13.3. The van der Waals surface area contributed by atoms with Crippen LogP contribution in [0.4, 0.5) is 18.9 Å². The van der Waals surface area contributed by atoms with Crippen molar-refractivity contribution in [3.8, 4) is 11.8 Å². The van der Waals surface area contributed by atoms with Crippen molar-refractivity contribution < 1.29 is 18.0 Å². The minimum absolute atomic E-state index is 0.0833. The van der Waals surface area contributed by atoms with Crippen LogP contribution in [-0.2, 0) is 6.42 Å². The average Bonchev–Trinajstić information content (AvgIpc) is 2.64. The number of fused-ring (bicyclic) bond motifs is 3. The molecule has 1 N–H and O–H groups in total. The molecule has 0 aliphatic carbocycles. The van der Waals surface area contributed by atoms with E-state index in [0.717, 1.165) is 15.8 Å². The van der Waals surface area contributed by atoms with Gasteiger partial charge >= 0.3 is 0 Å². The van der Waals surface area contributed by atoms with Gasteiger partial charge in [0.1, 0.15) is 11.5 Å². The summed E-state index contributed by atoms with van der Waals surface area (Å²) in [6, 6.07) is 11.7. The molecule has 0 radical (unpaired) electrons. The number of rotatable bonds is 1. The summed E-state index contributed by atoms with van der Waals surface area (Å²) >= 11 is 0. The van der Waals surface area contributed by atoms with Crippen LogP contribution in [0.1, 0.15) is 11.1 Å². The maximum atomic E-state index is 14.1. The summed E-state index contributed by atoms with van der Waals surface area (Å²) in [5.74, 6) is -3.37. The van der Waals surface area contributed by atoms with E-state index in [2.05, 4.69) is 6.07 Å². The molecule has 0 spiro atoms. The van der Waals surface area contributed by atoms with Gasteiger partial charge < -0.3 is 4.84 Å². The molecule has 1 aliphatic rings. The topological polar surface area (TPSA) is 60.1 Å². The highest BCUT2D eigenvalue weighted by atomic mass is 19.2. The molecule has 128 valence electrons. The summed E-state index contributed by atoms with van der Waals surface area (Å²) in [5, 5.41) is 19.7. The van der Waals surface area contributed by atoms with Gasteiger partial charge in [0.25, 0.3) is 0 Å². The highest BCUT2D eigenvalue weighted by Gasteiger charge is 2.28. The van der Waals surface area contributed by atoms with E-state index < -0.39 is 17.5 Å². The molecule has 4 rings (SSSR count). The van der Waals surface area contributed by atoms with Gasteiger partial charge in [-0.15, -0.1) is 0 Å². The van der Waals surface area contributed by atoms with Crippen LogP contribution < -0.4 is 9.90 Å². The number of nitriles is 1. The Balaban J connectivity index is 1.83. The molecule has 7 heteroatoms. The minimum Gasteiger partial charge on any atom is -0.373 e. The second-order valence-electron chi connectivity index (χ2n) is 5.82. The van der Waals surface area contributed by atoms with Crippen LogP contribution in [0, 0.1) is 34.2 Å². The van der Waals surface area contributed by atoms with E-state index in [1.165, 1.54) is 0 Å². The molecule has 1 heterocycles. The van der Waals surface area contributed by atoms with Crippen LogP contribution >= 0.6 is 0 Å². The number of benzene rings is 3. The van der Waals surface area contributed by atoms with E-state index in [1.807, 2.05) is 0 Å². The standard InChI is InChI=1S/C19H10F3N3O/c20-14-7-16(22)17(8-15(14)21)25-19(24)6-13-12-5-10(9-23)1-2-11(12)3-4-18(13)26-25/h1-5,7-8,24H,6H2. The number of hydrogen-bond donors (Lipinski definition) is 1. The summed E-state index contributed by atoms with van der Waals surface area (Å²) in [5.41, 5.74) is 0.751. The van der Waals surface area contributed by atoms with Crippen molar-refractivity contribution in [2.75, 3.05) is 5.06 Å². The number of nitrogens with zero attached hydrogens (tertiary/aromatic N) is 2. The van der Waals surface area contributed by atoms with Crippen LogP contribution in [-0.4, -0.2) is 5.84 Å². The summed E-state index contributed by atoms with van der Waals surface area (Å²) in [6.07, 6.45) is 0.0833. The first kappa shape index (κ1) is 16.0. The van der Waals surface area contributed by atoms with Crippen molar-refractivity contribution in [2.45, 2.75) is 6.42 Å². The van der Waals surface area contributed by atoms with Gasteiger partial charge in [0.2, 0.25) is 0 Å². The van der Waals surface area contributed by atoms with Crippen LogP contribution in [0.3, 0.4) is 0 Å². The van der Waals surface area contributed by atoms with Crippen LogP contribution in [0.2, 0.25) is 0 Å². The molecule has 0 saturated heterocycles. The lowest BCUT2D eigenvalue weighted by atomic mass is 9.98. The Morgan fingerprint density at radius 1 is 1.00 bits per heavy atom. The first-order valence-electron chi connectivity index (χ1n) is 7.63. The number of hydroxylamine groups is 1. The maximum Gasteiger partial charge on any atom is 0.161 e. The van der Waals surface area contributed by atoms with Crippen molar-refractivity contribution in [3.63, 3.8) is 0 Å². The third-order valence-corrected chi connectivity index (χ3v) is 4.21. The highest BCUT2D eigenvalue weighted by molar-refractivity contribution is 6.01. The fraction of sp³-hybridized carbons (Fsp3) is 0.0526. The van der Waals surface area contributed by atoms with Gasteiger partial charge in [0, 0.05) is 24.1 Å². The Morgan fingerprint density at radius 2 is 1.73 bits per heavy atom. The summed E-state index contributed by atoms with van der Waals surface area (Å²) in [4.78, 5) is 5.58. The first-order valence-corrected chi connectivity index (χ1v) is 7.63. The molecule has 0 saturated carbocycles. The maximum absolute atomic E-state index is 14.1. The van der Waals surface area contributed by atoms with Crippen LogP contribution in [0.15, 0.2) is 42.5 Å². The molecule has 3 aromatic rings. The van der Waals surface area contributed by atoms with Gasteiger partial charge in [0.15, 0.2) is 23.2 Å². The molecular formula is C19H10F3N3O. The zero-order chi connectivity index (χ0) is 18.4. The fourth-order valence-corrected chi connectivity index (χ4v) is 2.95. The Morgan fingerprint density at radius 3 is 2.50 bits per heavy atom. The molecule has 0 aromatic heterocycles. The summed E-state index contributed by atoms with van der Waals surface area (Å²) in [7, 11) is 0. The lowest BCUT2D eigenvalue weighted by Gasteiger charge is -2.31. The van der Waals surface area contributed by atoms with Crippen molar-refractivity contribution in [3.05, 3.63) is 71.0 Å². The number of halogens is 3. The fourth-order valence-electron chi connectivity index (χ4n) is 2.95. The molecule has 26 heavy (non-hydrogen) atoms. The van der Waals surface area contributed by atoms with Gasteiger partial charge in [-0.25, -0.2) is 13.2 Å². The molecule has 1 aliphatic heterocycles. The predicted octanol–water partition coefficient (Wildman–Crippen LogP) is 4.46. The van der Waals surface area contributed by atoms with E-state index in [0.29, 0.717) is 29.0 Å². The van der Waals surface area contributed by atoms with Crippen molar-refractivity contribution in [2.24, 2.45) is 0 Å². The Labute approximate surface area is 146 Å². The van der Waals surface area contributed by atoms with E-state index in [4.69, 9.17) is 15.5 Å². The van der Waals surface area contributed by atoms with E-state index >= 15 is 0 Å². The smallest absolute Gasteiger partial charge is 0.161 e. The zero-order valence-electron chi connectivity index (χ0n) is 13.2. The quantitative estimate of drug-likeness (QED) is 0.657. The number of anilines is 1. The van der Waals surface area contributed by atoms with Crippen LogP contribution in [0.25, 0.3) is 10.8 Å². The van der Waals surface area contributed by atoms with Gasteiger partial charge in [-0.2, -0.15) is 10.3 Å². The molecule has 0 unspecified atom stereocenters. The summed E-state index contributed by atoms with van der Waals surface area (Å²) in [6.45, 7) is 0. The van der Waals surface area contributed by atoms with Gasteiger partial charge in [-0.1, -0.05) is 12.1 Å². The van der Waals surface area contributed by atoms with Crippen molar-refractivity contribution in [1.29, 1.82) is 10.7 Å². The highest BCUT2D eigenvalue weighted by Crippen LogP contribution is 2.35. The second kappa shape index (κ2) is 5.77. The largest absolute Gasteiger partial charge is 0.373 e. The third-order valence-electron chi connectivity index (χ3n) is 4.21. The van der Waals surface area contributed by atoms with E-state index in [1.54, 1.807) is 30.3 Å². The minimum atomic E-state index is -1.31. The van der Waals surface area contributed by atoms with Crippen molar-refractivity contribution >= 4 is 22.3 Å². The molecule has 0 fully saturated rings. The Kier molecular flexibility index (Phi) is 3.55. The molecule has 4 nitrogen and oxygen atoms in total. The lowest BCUT2D eigenvalue weighted by Crippen LogP contribution is -2.39. The number of nitrogens with one attached hydrogen (secondary N) is 1. The Hall–Kier alpha value is -3.53. The van der Waals surface area contributed by atoms with Crippen molar-refractivity contribution in [1.82, 2.24) is 0 Å². The SMILES string of the molecule is N#Cc1ccc2ccc3c(c2c1)CC(=N)N(c1cc(F)c(F)cc1F)O3. The monoisotopic (exact) mass is 353 g/mol. The van der Waals surface area contributed by atoms with Crippen LogP contribution in [0.5, 0.6) is 5.75 Å². The number of amidine groups is 1. The molecule has 0 amide bonds. The number of hydrogen-bond acceptors (Lipinski definition) is 3. The lowest BCUT2D eigenvalue weighted by molar-refractivity contribution is 0.315. The van der Waals surface area contributed by atoms with Gasteiger partial charge in [-0.3, -0.25) is 5.41 Å². The second-order valence-corrected chi connectivity index (χ2v) is 5.82. The molecular weight excluding hydrogens is 343 g/mol. The predicted molar refractivity (Wildman–Crippen MR) is 89.5 cm³/mol. The summed E-state index contributed by atoms with van der Waals surface area (Å²) < 4.78 is 40.7. The van der Waals surface area contributed by atoms with Gasteiger partial charge in [-0.05, 0) is 29.0 Å². The average molecular weight is 353 g/mol. The third kappa shape index (κ3) is 2.43. The Bertz CT molecular complexity index is 1120. The zero-order valence-corrected chi connectivity index (χ0v) is 13.2. The molecule has 3 aromatic carbocycles. The van der Waals surface area contributed by atoms with Gasteiger partial charge in [0.05, 0.1) is 11.6 Å². The molecule has 0 bridgehead atoms.